The van der Waals surface area contributed by atoms with Gasteiger partial charge in [0, 0.05) is 28.2 Å². The second-order valence-electron chi connectivity index (χ2n) is 4.36. The number of carboxylic acids is 1. The molecule has 0 bridgehead atoms. The summed E-state index contributed by atoms with van der Waals surface area (Å²) in [6, 6.07) is 5.09. The number of nitrogens with one attached hydrogen (secondary N) is 1. The molecule has 0 aliphatic rings. The van der Waals surface area contributed by atoms with Crippen molar-refractivity contribution >= 4 is 29.3 Å². The van der Waals surface area contributed by atoms with Crippen LogP contribution in [0.15, 0.2) is 36.7 Å². The standard InChI is InChI=1S/C14H15N3O3S/c1-10(17-8-2-7-16-17)14(20)15-9-12-4-3-11(21-12)5-6-13(18)19/h2-8,10H,9H2,1H3,(H,15,20)(H,18,19). The molecule has 0 saturated heterocycles. The van der Waals surface area contributed by atoms with Gasteiger partial charge in [-0.05, 0) is 31.2 Å². The number of aliphatic carboxylic acids is 1. The van der Waals surface area contributed by atoms with E-state index in [2.05, 4.69) is 10.4 Å². The molecule has 2 rings (SSSR count). The fraction of sp³-hybridized carbons (Fsp3) is 0.214. The van der Waals surface area contributed by atoms with E-state index in [1.54, 1.807) is 30.1 Å². The zero-order valence-electron chi connectivity index (χ0n) is 11.4. The van der Waals surface area contributed by atoms with E-state index in [4.69, 9.17) is 5.11 Å². The predicted molar refractivity (Wildman–Crippen MR) is 79.8 cm³/mol. The van der Waals surface area contributed by atoms with Crippen LogP contribution in [0.2, 0.25) is 0 Å². The van der Waals surface area contributed by atoms with Crippen LogP contribution in [0, 0.1) is 0 Å². The van der Waals surface area contributed by atoms with Gasteiger partial charge in [0.2, 0.25) is 5.91 Å². The van der Waals surface area contributed by atoms with Crippen LogP contribution in [0.25, 0.3) is 6.08 Å². The van der Waals surface area contributed by atoms with Crippen LogP contribution in [0.3, 0.4) is 0 Å². The van der Waals surface area contributed by atoms with Crippen LogP contribution in [0.1, 0.15) is 22.7 Å². The molecule has 2 N–H and O–H groups in total. The Morgan fingerprint density at radius 3 is 3.00 bits per heavy atom. The van der Waals surface area contributed by atoms with E-state index in [1.807, 2.05) is 12.1 Å². The molecule has 21 heavy (non-hydrogen) atoms. The van der Waals surface area contributed by atoms with Gasteiger partial charge in [-0.25, -0.2) is 4.79 Å². The minimum Gasteiger partial charge on any atom is -0.478 e. The Hall–Kier alpha value is -2.41. The molecule has 2 aromatic heterocycles. The van der Waals surface area contributed by atoms with Crippen LogP contribution >= 0.6 is 11.3 Å². The van der Waals surface area contributed by atoms with E-state index < -0.39 is 5.97 Å². The van der Waals surface area contributed by atoms with E-state index >= 15 is 0 Å². The summed E-state index contributed by atoms with van der Waals surface area (Å²) in [6.07, 6.45) is 5.99. The molecule has 2 heterocycles. The summed E-state index contributed by atoms with van der Waals surface area (Å²) in [5.74, 6) is -1.10. The third-order valence-corrected chi connectivity index (χ3v) is 3.86. The minimum atomic E-state index is -0.980. The Balaban J connectivity index is 1.88. The molecule has 110 valence electrons. The smallest absolute Gasteiger partial charge is 0.328 e. The maximum Gasteiger partial charge on any atom is 0.328 e. The van der Waals surface area contributed by atoms with Gasteiger partial charge < -0.3 is 10.4 Å². The van der Waals surface area contributed by atoms with Crippen LogP contribution in [-0.4, -0.2) is 26.8 Å². The van der Waals surface area contributed by atoms with Crippen LogP contribution < -0.4 is 5.32 Å². The quantitative estimate of drug-likeness (QED) is 0.799. The molecule has 6 nitrogen and oxygen atoms in total. The average Bonchev–Trinajstić information content (AvgIpc) is 3.13. The summed E-state index contributed by atoms with van der Waals surface area (Å²) in [7, 11) is 0. The number of nitrogens with zero attached hydrogens (tertiary/aromatic N) is 2. The first kappa shape index (κ1) is 15.0. The van der Waals surface area contributed by atoms with Crippen LogP contribution in [0.5, 0.6) is 0 Å². The van der Waals surface area contributed by atoms with Crippen molar-refractivity contribution in [2.24, 2.45) is 0 Å². The van der Waals surface area contributed by atoms with Crippen molar-refractivity contribution in [2.75, 3.05) is 0 Å². The fourth-order valence-corrected chi connectivity index (χ4v) is 2.54. The summed E-state index contributed by atoms with van der Waals surface area (Å²) in [6.45, 7) is 2.19. The van der Waals surface area contributed by atoms with E-state index in [0.29, 0.717) is 6.54 Å². The number of amides is 1. The molecule has 7 heteroatoms. The number of carbonyl (C=O) groups is 2. The number of thiophene rings is 1. The molecule has 0 aromatic carbocycles. The Bertz CT molecular complexity index is 646. The number of carboxylic acid groups (broad SMARTS) is 1. The second kappa shape index (κ2) is 6.85. The van der Waals surface area contributed by atoms with Gasteiger partial charge in [0.15, 0.2) is 0 Å². The maximum atomic E-state index is 12.0. The first-order valence-corrected chi connectivity index (χ1v) is 7.14. The van der Waals surface area contributed by atoms with Crippen molar-refractivity contribution in [1.82, 2.24) is 15.1 Å². The van der Waals surface area contributed by atoms with Gasteiger partial charge in [-0.3, -0.25) is 9.48 Å². The van der Waals surface area contributed by atoms with Gasteiger partial charge >= 0.3 is 5.97 Å². The molecule has 0 aliphatic heterocycles. The molecule has 0 fully saturated rings. The predicted octanol–water partition coefficient (Wildman–Crippen LogP) is 1.92. The van der Waals surface area contributed by atoms with Crippen LogP contribution in [-0.2, 0) is 16.1 Å². The zero-order valence-corrected chi connectivity index (χ0v) is 12.2. The summed E-state index contributed by atoms with van der Waals surface area (Å²) >= 11 is 1.44. The molecular formula is C14H15N3O3S. The first-order valence-electron chi connectivity index (χ1n) is 6.33. The lowest BCUT2D eigenvalue weighted by atomic mass is 10.3. The average molecular weight is 305 g/mol. The lowest BCUT2D eigenvalue weighted by Gasteiger charge is -2.11. The Morgan fingerprint density at radius 2 is 2.33 bits per heavy atom. The largest absolute Gasteiger partial charge is 0.478 e. The number of carbonyl (C=O) groups excluding carboxylic acids is 1. The molecular weight excluding hydrogens is 290 g/mol. The maximum absolute atomic E-state index is 12.0. The van der Waals surface area contributed by atoms with Crippen molar-refractivity contribution in [3.05, 3.63) is 46.4 Å². The Kier molecular flexibility index (Phi) is 4.89. The molecule has 0 spiro atoms. The second-order valence-corrected chi connectivity index (χ2v) is 5.56. The fourth-order valence-electron chi connectivity index (χ4n) is 1.68. The lowest BCUT2D eigenvalue weighted by Crippen LogP contribution is -2.30. The molecule has 2 aromatic rings. The first-order chi connectivity index (χ1) is 10.1. The van der Waals surface area contributed by atoms with Crippen LogP contribution in [0.4, 0.5) is 0 Å². The lowest BCUT2D eigenvalue weighted by molar-refractivity contribution is -0.131. The number of hydrogen-bond acceptors (Lipinski definition) is 4. The zero-order chi connectivity index (χ0) is 15.2. The molecule has 1 atom stereocenters. The van der Waals surface area contributed by atoms with Crippen molar-refractivity contribution in [2.45, 2.75) is 19.5 Å². The Morgan fingerprint density at radius 1 is 1.52 bits per heavy atom. The highest BCUT2D eigenvalue weighted by Gasteiger charge is 2.14. The topological polar surface area (TPSA) is 84.2 Å². The third-order valence-electron chi connectivity index (χ3n) is 2.81. The number of rotatable bonds is 6. The molecule has 0 saturated carbocycles. The third kappa shape index (κ3) is 4.28. The molecule has 1 unspecified atom stereocenters. The van der Waals surface area contributed by atoms with Gasteiger partial charge in [-0.15, -0.1) is 11.3 Å². The summed E-state index contributed by atoms with van der Waals surface area (Å²) in [5, 5.41) is 15.4. The van der Waals surface area contributed by atoms with Crippen molar-refractivity contribution < 1.29 is 14.7 Å². The van der Waals surface area contributed by atoms with Crippen molar-refractivity contribution in [3.63, 3.8) is 0 Å². The highest BCUT2D eigenvalue weighted by Crippen LogP contribution is 2.18. The normalized spacial score (nSPS) is 12.4. The Labute approximate surface area is 125 Å². The van der Waals surface area contributed by atoms with Crippen molar-refractivity contribution in [1.29, 1.82) is 0 Å². The molecule has 1 amide bonds. The summed E-state index contributed by atoms with van der Waals surface area (Å²) in [4.78, 5) is 24.2. The summed E-state index contributed by atoms with van der Waals surface area (Å²) < 4.78 is 1.59. The van der Waals surface area contributed by atoms with Gasteiger partial charge in [-0.1, -0.05) is 0 Å². The van der Waals surface area contributed by atoms with Crippen molar-refractivity contribution in [3.8, 4) is 0 Å². The molecule has 0 aliphatic carbocycles. The van der Waals surface area contributed by atoms with Gasteiger partial charge in [0.05, 0.1) is 6.54 Å². The monoisotopic (exact) mass is 305 g/mol. The number of aromatic nitrogens is 2. The highest BCUT2D eigenvalue weighted by atomic mass is 32.1. The van der Waals surface area contributed by atoms with E-state index in [-0.39, 0.29) is 11.9 Å². The minimum absolute atomic E-state index is 0.116. The summed E-state index contributed by atoms with van der Waals surface area (Å²) in [5.41, 5.74) is 0. The molecule has 0 radical (unpaired) electrons. The number of hydrogen-bond donors (Lipinski definition) is 2. The van der Waals surface area contributed by atoms with Gasteiger partial charge in [0.1, 0.15) is 6.04 Å². The van der Waals surface area contributed by atoms with Gasteiger partial charge in [-0.2, -0.15) is 5.10 Å². The van der Waals surface area contributed by atoms with E-state index in [0.717, 1.165) is 15.8 Å². The highest BCUT2D eigenvalue weighted by molar-refractivity contribution is 7.12. The van der Waals surface area contributed by atoms with E-state index in [9.17, 15) is 9.59 Å². The van der Waals surface area contributed by atoms with Gasteiger partial charge in [0.25, 0.3) is 0 Å². The SMILES string of the molecule is CC(C(=O)NCc1ccc(C=CC(=O)O)s1)n1cccn1. The van der Waals surface area contributed by atoms with E-state index in [1.165, 1.54) is 17.4 Å².